The van der Waals surface area contributed by atoms with E-state index in [1.54, 1.807) is 0 Å². The molecule has 0 unspecified atom stereocenters. The van der Waals surface area contributed by atoms with Gasteiger partial charge in [0.15, 0.2) is 0 Å². The number of benzene rings is 8. The van der Waals surface area contributed by atoms with Crippen molar-refractivity contribution in [3.63, 3.8) is 0 Å². The van der Waals surface area contributed by atoms with Gasteiger partial charge in [0.2, 0.25) is 0 Å². The van der Waals surface area contributed by atoms with Gasteiger partial charge in [0.05, 0.1) is 0 Å². The summed E-state index contributed by atoms with van der Waals surface area (Å²) >= 11 is 0. The van der Waals surface area contributed by atoms with Crippen LogP contribution in [-0.4, -0.2) is 8.07 Å². The van der Waals surface area contributed by atoms with Crippen molar-refractivity contribution in [3.8, 4) is 33.4 Å². The van der Waals surface area contributed by atoms with Crippen LogP contribution < -0.4 is 15.3 Å². The van der Waals surface area contributed by atoms with Gasteiger partial charge in [0.25, 0.3) is 0 Å². The third kappa shape index (κ3) is 4.77. The Morgan fingerprint density at radius 3 is 1.94 bits per heavy atom. The first-order valence-electron chi connectivity index (χ1n) is 17.7. The van der Waals surface area contributed by atoms with Crippen LogP contribution in [0.1, 0.15) is 0 Å². The molecule has 1 aromatic heterocycles. The zero-order chi connectivity index (χ0) is 34.1. The van der Waals surface area contributed by atoms with Crippen molar-refractivity contribution < 1.29 is 4.42 Å². The molecule has 10 rings (SSSR count). The summed E-state index contributed by atoms with van der Waals surface area (Å²) < 4.78 is 6.41. The fraction of sp³-hybridized carbons (Fsp3) is 0.0417. The monoisotopic (exact) mass is 669 g/mol. The van der Waals surface area contributed by atoms with Gasteiger partial charge in [-0.05, 0) is 109 Å². The summed E-state index contributed by atoms with van der Waals surface area (Å²) in [5.74, 6) is 0. The van der Waals surface area contributed by atoms with Crippen LogP contribution in [0, 0.1) is 0 Å². The number of hydrogen-bond donors (Lipinski definition) is 0. The lowest BCUT2D eigenvalue weighted by Crippen LogP contribution is -2.49. The SMILES string of the molecule is C[Si]1(C)c2ccc(N(c3ccc(-c4ccccc4)cc3)c3cccc(-c4ccc5ccccc5c4)c3)cc2-c2c1ccc1oc3ccccc3c21. The molecule has 0 bridgehead atoms. The van der Waals surface area contributed by atoms with Crippen molar-refractivity contribution in [2.45, 2.75) is 13.1 Å². The molecular formula is C48H35NOSi. The fourth-order valence-corrected chi connectivity index (χ4v) is 11.3. The molecule has 2 heterocycles. The highest BCUT2D eigenvalue weighted by atomic mass is 28.3. The van der Waals surface area contributed by atoms with Gasteiger partial charge < -0.3 is 9.32 Å². The zero-order valence-electron chi connectivity index (χ0n) is 28.6. The number of para-hydroxylation sites is 1. The number of anilines is 3. The predicted octanol–water partition coefficient (Wildman–Crippen LogP) is 12.3. The Bertz CT molecular complexity index is 2780. The van der Waals surface area contributed by atoms with Crippen LogP contribution in [0.2, 0.25) is 13.1 Å². The molecule has 0 atom stereocenters. The highest BCUT2D eigenvalue weighted by Crippen LogP contribution is 2.43. The molecule has 0 saturated carbocycles. The van der Waals surface area contributed by atoms with Gasteiger partial charge in [-0.15, -0.1) is 0 Å². The summed E-state index contributed by atoms with van der Waals surface area (Å²) in [5, 5.41) is 7.87. The van der Waals surface area contributed by atoms with E-state index in [-0.39, 0.29) is 0 Å². The van der Waals surface area contributed by atoms with E-state index in [9.17, 15) is 0 Å². The number of rotatable bonds is 5. The molecule has 3 heteroatoms. The Morgan fingerprint density at radius 1 is 0.431 bits per heavy atom. The van der Waals surface area contributed by atoms with Crippen LogP contribution in [0.5, 0.6) is 0 Å². The minimum Gasteiger partial charge on any atom is -0.456 e. The molecule has 0 saturated heterocycles. The summed E-state index contributed by atoms with van der Waals surface area (Å²) in [7, 11) is -1.96. The van der Waals surface area contributed by atoms with Gasteiger partial charge in [-0.25, -0.2) is 0 Å². The highest BCUT2D eigenvalue weighted by Gasteiger charge is 2.39. The van der Waals surface area contributed by atoms with E-state index in [1.165, 1.54) is 65.3 Å². The molecule has 0 aliphatic carbocycles. The Hall–Kier alpha value is -6.16. The summed E-state index contributed by atoms with van der Waals surface area (Å²) in [6.45, 7) is 4.97. The first kappa shape index (κ1) is 29.7. The van der Waals surface area contributed by atoms with E-state index < -0.39 is 8.07 Å². The van der Waals surface area contributed by atoms with Crippen LogP contribution in [0.25, 0.3) is 66.1 Å². The molecule has 9 aromatic rings. The summed E-state index contributed by atoms with van der Waals surface area (Å²) in [6.07, 6.45) is 0. The summed E-state index contributed by atoms with van der Waals surface area (Å²) in [6, 6.07) is 64.1. The molecule has 0 N–H and O–H groups in total. The van der Waals surface area contributed by atoms with E-state index in [4.69, 9.17) is 4.42 Å². The van der Waals surface area contributed by atoms with Crippen molar-refractivity contribution >= 4 is 68.2 Å². The van der Waals surface area contributed by atoms with E-state index in [2.05, 4.69) is 194 Å². The Labute approximate surface area is 298 Å². The summed E-state index contributed by atoms with van der Waals surface area (Å²) in [5.41, 5.74) is 12.8. The minimum absolute atomic E-state index is 0.940. The molecule has 1 aliphatic rings. The lowest BCUT2D eigenvalue weighted by molar-refractivity contribution is 0.669. The quantitative estimate of drug-likeness (QED) is 0.170. The van der Waals surface area contributed by atoms with Crippen LogP contribution in [0.3, 0.4) is 0 Å². The number of nitrogens with zero attached hydrogens (tertiary/aromatic N) is 1. The standard InChI is InChI=1S/C48H35NOSi/c1-51(2)45-27-25-40(31-42(45)48-46(51)28-26-44-47(48)41-17-8-9-18-43(41)50-44)49(38-23-21-34(22-24-38)32-11-4-3-5-12-32)39-16-10-15-36(30-39)37-20-19-33-13-6-7-14-35(33)29-37/h3-31H,1-2H3. The molecule has 51 heavy (non-hydrogen) atoms. The Balaban J connectivity index is 1.17. The molecule has 0 amide bonds. The van der Waals surface area contributed by atoms with Gasteiger partial charge in [-0.3, -0.25) is 0 Å². The molecule has 8 aromatic carbocycles. The maximum absolute atomic E-state index is 6.41. The average molecular weight is 670 g/mol. The third-order valence-corrected chi connectivity index (χ3v) is 14.4. The zero-order valence-corrected chi connectivity index (χ0v) is 29.6. The highest BCUT2D eigenvalue weighted by molar-refractivity contribution is 7.04. The Morgan fingerprint density at radius 2 is 1.08 bits per heavy atom. The van der Waals surface area contributed by atoms with Gasteiger partial charge >= 0.3 is 0 Å². The Kier molecular flexibility index (Phi) is 6.67. The molecular weight excluding hydrogens is 635 g/mol. The molecule has 0 radical (unpaired) electrons. The normalized spacial score (nSPS) is 13.1. The maximum Gasteiger partial charge on any atom is 0.136 e. The van der Waals surface area contributed by atoms with E-state index in [1.807, 2.05) is 0 Å². The fourth-order valence-electron chi connectivity index (χ4n) is 8.26. The van der Waals surface area contributed by atoms with Crippen LogP contribution in [0.15, 0.2) is 180 Å². The third-order valence-electron chi connectivity index (χ3n) is 10.8. The summed E-state index contributed by atoms with van der Waals surface area (Å²) in [4.78, 5) is 2.42. The van der Waals surface area contributed by atoms with Crippen LogP contribution in [-0.2, 0) is 0 Å². The maximum atomic E-state index is 6.41. The minimum atomic E-state index is -1.96. The van der Waals surface area contributed by atoms with Gasteiger partial charge in [0.1, 0.15) is 19.2 Å². The van der Waals surface area contributed by atoms with Crippen molar-refractivity contribution in [3.05, 3.63) is 176 Å². The van der Waals surface area contributed by atoms with Crippen LogP contribution in [0.4, 0.5) is 17.1 Å². The van der Waals surface area contributed by atoms with Crippen molar-refractivity contribution in [2.24, 2.45) is 0 Å². The van der Waals surface area contributed by atoms with Crippen molar-refractivity contribution in [1.82, 2.24) is 0 Å². The second-order valence-electron chi connectivity index (χ2n) is 14.2. The topological polar surface area (TPSA) is 16.4 Å². The average Bonchev–Trinajstić information content (AvgIpc) is 3.67. The molecule has 242 valence electrons. The van der Waals surface area contributed by atoms with E-state index in [0.717, 1.165) is 28.2 Å². The second-order valence-corrected chi connectivity index (χ2v) is 18.5. The molecule has 0 spiro atoms. The smallest absolute Gasteiger partial charge is 0.136 e. The van der Waals surface area contributed by atoms with E-state index >= 15 is 0 Å². The van der Waals surface area contributed by atoms with Gasteiger partial charge in [-0.2, -0.15) is 0 Å². The van der Waals surface area contributed by atoms with Crippen molar-refractivity contribution in [1.29, 1.82) is 0 Å². The van der Waals surface area contributed by atoms with Crippen LogP contribution >= 0.6 is 0 Å². The predicted molar refractivity (Wildman–Crippen MR) is 219 cm³/mol. The second kappa shape index (κ2) is 11.4. The largest absolute Gasteiger partial charge is 0.456 e. The van der Waals surface area contributed by atoms with Gasteiger partial charge in [0, 0.05) is 27.8 Å². The lowest BCUT2D eigenvalue weighted by Gasteiger charge is -2.27. The van der Waals surface area contributed by atoms with Gasteiger partial charge in [-0.1, -0.05) is 134 Å². The van der Waals surface area contributed by atoms with Crippen molar-refractivity contribution in [2.75, 3.05) is 4.90 Å². The number of fused-ring (bicyclic) bond motifs is 8. The molecule has 1 aliphatic heterocycles. The first-order valence-corrected chi connectivity index (χ1v) is 20.7. The number of furan rings is 1. The van der Waals surface area contributed by atoms with E-state index in [0.29, 0.717) is 0 Å². The molecule has 0 fully saturated rings. The lowest BCUT2D eigenvalue weighted by atomic mass is 9.98. The molecule has 2 nitrogen and oxygen atoms in total. The first-order chi connectivity index (χ1) is 25.0. The number of hydrogen-bond acceptors (Lipinski definition) is 2.